The number of amides is 1. The van der Waals surface area contributed by atoms with E-state index in [2.05, 4.69) is 16.0 Å². The number of aryl methyl sites for hydroxylation is 1. The fourth-order valence-electron chi connectivity index (χ4n) is 3.07. The van der Waals surface area contributed by atoms with E-state index in [1.165, 1.54) is 11.2 Å². The van der Waals surface area contributed by atoms with Gasteiger partial charge >= 0.3 is 0 Å². The van der Waals surface area contributed by atoms with Gasteiger partial charge in [-0.15, -0.1) is 0 Å². The van der Waals surface area contributed by atoms with Crippen LogP contribution in [0.1, 0.15) is 27.9 Å². The molecule has 1 aliphatic rings. The summed E-state index contributed by atoms with van der Waals surface area (Å²) in [5, 5.41) is 9.72. The highest BCUT2D eigenvalue weighted by molar-refractivity contribution is 6.02. The molecule has 1 unspecified atom stereocenters. The fourth-order valence-corrected chi connectivity index (χ4v) is 3.07. The van der Waals surface area contributed by atoms with Crippen molar-refractivity contribution in [3.63, 3.8) is 0 Å². The number of imidazole rings is 1. The molecule has 0 spiro atoms. The molecule has 4 rings (SSSR count). The molecule has 1 aliphatic heterocycles. The monoisotopic (exact) mass is 341 g/mol. The SMILES string of the molecule is Cc1nc2c(n1-c1ccccc1)N=CN(C(=O)c1ccccc1)C2C#N. The van der Waals surface area contributed by atoms with Gasteiger partial charge in [0.25, 0.3) is 5.91 Å². The molecule has 2 heterocycles. The second kappa shape index (κ2) is 6.30. The van der Waals surface area contributed by atoms with Crippen LogP contribution in [0.5, 0.6) is 0 Å². The zero-order valence-corrected chi connectivity index (χ0v) is 14.1. The van der Waals surface area contributed by atoms with E-state index in [0.717, 1.165) is 5.69 Å². The number of fused-ring (bicyclic) bond motifs is 1. The van der Waals surface area contributed by atoms with Gasteiger partial charge in [0.2, 0.25) is 0 Å². The largest absolute Gasteiger partial charge is 0.281 e. The van der Waals surface area contributed by atoms with E-state index >= 15 is 0 Å². The number of para-hydroxylation sites is 1. The average Bonchev–Trinajstić information content (AvgIpc) is 3.03. The predicted octanol–water partition coefficient (Wildman–Crippen LogP) is 3.56. The Morgan fingerprint density at radius 1 is 1.08 bits per heavy atom. The molecular formula is C20H15N5O. The Hall–Kier alpha value is -3.72. The molecule has 0 bridgehead atoms. The maximum atomic E-state index is 12.8. The molecule has 0 radical (unpaired) electrons. The molecule has 0 fully saturated rings. The van der Waals surface area contributed by atoms with Gasteiger partial charge in [-0.05, 0) is 31.2 Å². The van der Waals surface area contributed by atoms with Crippen molar-refractivity contribution in [3.05, 3.63) is 77.7 Å². The first kappa shape index (κ1) is 15.8. The Kier molecular flexibility index (Phi) is 3.82. The quantitative estimate of drug-likeness (QED) is 0.715. The van der Waals surface area contributed by atoms with Crippen molar-refractivity contribution in [2.75, 3.05) is 0 Å². The van der Waals surface area contributed by atoms with Gasteiger partial charge in [0.15, 0.2) is 11.9 Å². The van der Waals surface area contributed by atoms with Crippen molar-refractivity contribution in [1.29, 1.82) is 5.26 Å². The summed E-state index contributed by atoms with van der Waals surface area (Å²) in [4.78, 5) is 23.1. The van der Waals surface area contributed by atoms with Crippen LogP contribution in [0.25, 0.3) is 5.69 Å². The van der Waals surface area contributed by atoms with Crippen LogP contribution >= 0.6 is 0 Å². The highest BCUT2D eigenvalue weighted by atomic mass is 16.2. The van der Waals surface area contributed by atoms with E-state index in [-0.39, 0.29) is 5.91 Å². The predicted molar refractivity (Wildman–Crippen MR) is 97.4 cm³/mol. The third-order valence-corrected chi connectivity index (χ3v) is 4.28. The zero-order chi connectivity index (χ0) is 18.1. The maximum Gasteiger partial charge on any atom is 0.260 e. The van der Waals surface area contributed by atoms with Crippen LogP contribution in [0.2, 0.25) is 0 Å². The number of nitriles is 1. The lowest BCUT2D eigenvalue weighted by atomic mass is 10.1. The fraction of sp³-hybridized carbons (Fsp3) is 0.100. The Bertz CT molecular complexity index is 1030. The average molecular weight is 341 g/mol. The smallest absolute Gasteiger partial charge is 0.260 e. The molecular weight excluding hydrogens is 326 g/mol. The first-order chi connectivity index (χ1) is 12.7. The Labute approximate surface area is 150 Å². The van der Waals surface area contributed by atoms with Crippen LogP contribution in [-0.4, -0.2) is 26.7 Å². The van der Waals surface area contributed by atoms with Crippen LogP contribution < -0.4 is 0 Å². The van der Waals surface area contributed by atoms with Crippen LogP contribution in [0.4, 0.5) is 5.82 Å². The number of rotatable bonds is 2. The summed E-state index contributed by atoms with van der Waals surface area (Å²) in [5.74, 6) is 1.02. The molecule has 2 aromatic carbocycles. The van der Waals surface area contributed by atoms with E-state index in [1.54, 1.807) is 24.3 Å². The van der Waals surface area contributed by atoms with E-state index in [4.69, 9.17) is 0 Å². The van der Waals surface area contributed by atoms with Crippen molar-refractivity contribution in [2.24, 2.45) is 4.99 Å². The number of aromatic nitrogens is 2. The zero-order valence-electron chi connectivity index (χ0n) is 14.1. The van der Waals surface area contributed by atoms with Crippen LogP contribution in [0.15, 0.2) is 65.7 Å². The van der Waals surface area contributed by atoms with Gasteiger partial charge in [-0.3, -0.25) is 14.3 Å². The normalized spacial score (nSPS) is 15.4. The van der Waals surface area contributed by atoms with Gasteiger partial charge in [0, 0.05) is 11.3 Å². The summed E-state index contributed by atoms with van der Waals surface area (Å²) >= 11 is 0. The Morgan fingerprint density at radius 3 is 2.38 bits per heavy atom. The first-order valence-electron chi connectivity index (χ1n) is 8.17. The van der Waals surface area contributed by atoms with Crippen LogP contribution in [0.3, 0.4) is 0 Å². The third kappa shape index (κ3) is 2.47. The van der Waals surface area contributed by atoms with Gasteiger partial charge in [-0.2, -0.15) is 5.26 Å². The van der Waals surface area contributed by atoms with Crippen molar-refractivity contribution < 1.29 is 4.79 Å². The molecule has 26 heavy (non-hydrogen) atoms. The van der Waals surface area contributed by atoms with Gasteiger partial charge < -0.3 is 0 Å². The lowest BCUT2D eigenvalue weighted by Gasteiger charge is -2.25. The number of hydrogen-bond donors (Lipinski definition) is 0. The number of nitrogens with zero attached hydrogens (tertiary/aromatic N) is 5. The number of carbonyl (C=O) groups excluding carboxylic acids is 1. The Morgan fingerprint density at radius 2 is 1.73 bits per heavy atom. The summed E-state index contributed by atoms with van der Waals surface area (Å²) in [6.07, 6.45) is 1.42. The van der Waals surface area contributed by atoms with E-state index in [0.29, 0.717) is 22.9 Å². The molecule has 1 amide bonds. The number of benzene rings is 2. The van der Waals surface area contributed by atoms with Crippen molar-refractivity contribution in [3.8, 4) is 11.8 Å². The van der Waals surface area contributed by atoms with Crippen molar-refractivity contribution >= 4 is 18.1 Å². The second-order valence-electron chi connectivity index (χ2n) is 5.89. The van der Waals surface area contributed by atoms with Gasteiger partial charge in [0.05, 0.1) is 6.07 Å². The number of carbonyl (C=O) groups is 1. The topological polar surface area (TPSA) is 74.3 Å². The van der Waals surface area contributed by atoms with Crippen LogP contribution in [-0.2, 0) is 0 Å². The maximum absolute atomic E-state index is 12.8. The standard InChI is InChI=1S/C20H15N5O/c1-14-23-18-17(12-21)24(20(26)15-8-4-2-5-9-15)13-22-19(18)25(14)16-10-6-3-7-11-16/h2-11,13,17H,1H3. The minimum Gasteiger partial charge on any atom is -0.281 e. The lowest BCUT2D eigenvalue weighted by molar-refractivity contribution is 0.0827. The molecule has 6 heteroatoms. The molecule has 0 saturated heterocycles. The summed E-state index contributed by atoms with van der Waals surface area (Å²) in [5.41, 5.74) is 1.90. The summed E-state index contributed by atoms with van der Waals surface area (Å²) < 4.78 is 1.89. The van der Waals surface area contributed by atoms with Gasteiger partial charge in [-0.25, -0.2) is 9.98 Å². The highest BCUT2D eigenvalue weighted by Crippen LogP contribution is 2.35. The Balaban J connectivity index is 1.79. The molecule has 0 saturated carbocycles. The first-order valence-corrected chi connectivity index (χ1v) is 8.17. The van der Waals surface area contributed by atoms with E-state index in [1.807, 2.05) is 47.9 Å². The van der Waals surface area contributed by atoms with Gasteiger partial charge in [-0.1, -0.05) is 36.4 Å². The van der Waals surface area contributed by atoms with Crippen molar-refractivity contribution in [2.45, 2.75) is 13.0 Å². The number of aliphatic imine (C=N–C) groups is 1. The van der Waals surface area contributed by atoms with E-state index in [9.17, 15) is 10.1 Å². The highest BCUT2D eigenvalue weighted by Gasteiger charge is 2.34. The third-order valence-electron chi connectivity index (χ3n) is 4.28. The van der Waals surface area contributed by atoms with E-state index < -0.39 is 6.04 Å². The molecule has 3 aromatic rings. The second-order valence-corrected chi connectivity index (χ2v) is 5.89. The minimum absolute atomic E-state index is 0.279. The minimum atomic E-state index is -0.820. The molecule has 1 aromatic heterocycles. The van der Waals surface area contributed by atoms with Crippen LogP contribution in [0, 0.1) is 18.3 Å². The molecule has 1 atom stereocenters. The summed E-state index contributed by atoms with van der Waals surface area (Å²) in [6.45, 7) is 1.86. The summed E-state index contributed by atoms with van der Waals surface area (Å²) in [7, 11) is 0. The summed E-state index contributed by atoms with van der Waals surface area (Å²) in [6, 6.07) is 19.9. The van der Waals surface area contributed by atoms with Gasteiger partial charge in [0.1, 0.15) is 17.9 Å². The van der Waals surface area contributed by atoms with Crippen molar-refractivity contribution in [1.82, 2.24) is 14.5 Å². The molecule has 0 N–H and O–H groups in total. The molecule has 126 valence electrons. The lowest BCUT2D eigenvalue weighted by Crippen LogP contribution is -2.35. The number of hydrogen-bond acceptors (Lipinski definition) is 4. The molecule has 6 nitrogen and oxygen atoms in total. The molecule has 0 aliphatic carbocycles.